The third-order valence-electron chi connectivity index (χ3n) is 5.23. The second-order valence-corrected chi connectivity index (χ2v) is 7.66. The van der Waals surface area contributed by atoms with Crippen LogP contribution >= 0.6 is 11.6 Å². The maximum absolute atomic E-state index is 11.5. The van der Waals surface area contributed by atoms with Gasteiger partial charge in [0.15, 0.2) is 5.84 Å². The van der Waals surface area contributed by atoms with Crippen LogP contribution in [0, 0.1) is 5.41 Å². The largest absolute Gasteiger partial charge is 0.478 e. The van der Waals surface area contributed by atoms with Crippen LogP contribution in [-0.2, 0) is 10.2 Å². The third-order valence-corrected chi connectivity index (χ3v) is 5.47. The first-order valence-corrected chi connectivity index (χ1v) is 9.84. The van der Waals surface area contributed by atoms with E-state index in [1.807, 2.05) is 0 Å². The van der Waals surface area contributed by atoms with Gasteiger partial charge in [-0.25, -0.2) is 9.79 Å². The van der Waals surface area contributed by atoms with E-state index in [-0.39, 0.29) is 30.1 Å². The van der Waals surface area contributed by atoms with Crippen molar-refractivity contribution in [3.05, 3.63) is 58.6 Å². The fourth-order valence-electron chi connectivity index (χ4n) is 3.66. The van der Waals surface area contributed by atoms with Crippen molar-refractivity contribution in [1.29, 1.82) is 5.41 Å². The summed E-state index contributed by atoms with van der Waals surface area (Å²) in [6, 6.07) is 11.6. The Kier molecular flexibility index (Phi) is 5.20. The van der Waals surface area contributed by atoms with Crippen molar-refractivity contribution in [2.45, 2.75) is 11.8 Å². The van der Waals surface area contributed by atoms with Gasteiger partial charge in [0.25, 0.3) is 0 Å². The molecule has 2 heterocycles. The van der Waals surface area contributed by atoms with E-state index < -0.39 is 17.3 Å². The Hall–Kier alpha value is -3.72. The van der Waals surface area contributed by atoms with Crippen molar-refractivity contribution >= 4 is 52.2 Å². The number of aliphatic imine (C=N–C) groups is 2. The molecule has 0 radical (unpaired) electrons. The molecule has 0 fully saturated rings. The Morgan fingerprint density at radius 1 is 1.26 bits per heavy atom. The Labute approximate surface area is 182 Å². The van der Waals surface area contributed by atoms with E-state index >= 15 is 0 Å². The zero-order valence-corrected chi connectivity index (χ0v) is 17.0. The molecule has 1 amide bonds. The normalized spacial score (nSPS) is 19.1. The number of amidine groups is 2. The number of amides is 1. The van der Waals surface area contributed by atoms with Crippen LogP contribution in [0.25, 0.3) is 0 Å². The number of rotatable bonds is 5. The summed E-state index contributed by atoms with van der Waals surface area (Å²) in [6.07, 6.45) is 0.120. The number of halogens is 1. The standard InChI is InChI=1S/C21H19ClN6O3/c22-12-2-1-3-13(9-12)27-18-17(24)21(10-26-20(21)25-7-6-16(23)29)14-5-4-11(19(30)31)8-15(14)28-18/h1-5,8-9,24H,6-7,10H2,(H2,23,29)(H,25,26)(H,27,28)(H,30,31). The van der Waals surface area contributed by atoms with Crippen LogP contribution in [0.3, 0.4) is 0 Å². The minimum absolute atomic E-state index is 0.0905. The summed E-state index contributed by atoms with van der Waals surface area (Å²) in [6.45, 7) is 0.570. The highest BCUT2D eigenvalue weighted by molar-refractivity contribution is 6.53. The first-order valence-electron chi connectivity index (χ1n) is 9.47. The Morgan fingerprint density at radius 3 is 2.71 bits per heavy atom. The van der Waals surface area contributed by atoms with E-state index in [2.05, 4.69) is 20.6 Å². The average molecular weight is 439 g/mol. The summed E-state index contributed by atoms with van der Waals surface area (Å²) in [5.74, 6) is -0.736. The van der Waals surface area contributed by atoms with Gasteiger partial charge in [0.1, 0.15) is 11.3 Å². The number of nitrogens with two attached hydrogens (primary N) is 1. The Balaban J connectivity index is 1.75. The van der Waals surface area contributed by atoms with Crippen LogP contribution in [0.5, 0.6) is 0 Å². The Morgan fingerprint density at radius 2 is 2.06 bits per heavy atom. The lowest BCUT2D eigenvalue weighted by Gasteiger charge is -2.44. The molecule has 0 aromatic heterocycles. The maximum atomic E-state index is 11.5. The SMILES string of the molecule is N=C1C(Nc2cccc(Cl)c2)=Nc2cc(C(=O)O)ccc2C12CN=C2NCCC(N)=O. The predicted molar refractivity (Wildman–Crippen MR) is 119 cm³/mol. The van der Waals surface area contributed by atoms with Crippen LogP contribution < -0.4 is 16.4 Å². The number of nitrogens with one attached hydrogen (secondary N) is 3. The number of nitrogens with zero attached hydrogens (tertiary/aromatic N) is 2. The van der Waals surface area contributed by atoms with E-state index in [9.17, 15) is 14.7 Å². The molecular formula is C21H19ClN6O3. The first kappa shape index (κ1) is 20.5. The van der Waals surface area contributed by atoms with Gasteiger partial charge < -0.3 is 21.5 Å². The minimum atomic E-state index is -1.07. The van der Waals surface area contributed by atoms with Gasteiger partial charge in [0, 0.05) is 23.7 Å². The molecule has 2 aromatic rings. The molecule has 6 N–H and O–H groups in total. The fourth-order valence-corrected chi connectivity index (χ4v) is 3.85. The van der Waals surface area contributed by atoms with Crippen molar-refractivity contribution in [1.82, 2.24) is 5.32 Å². The van der Waals surface area contributed by atoms with Crippen LogP contribution in [0.2, 0.25) is 5.02 Å². The molecule has 10 heteroatoms. The zero-order valence-electron chi connectivity index (χ0n) is 16.3. The van der Waals surface area contributed by atoms with Gasteiger partial charge in [-0.2, -0.15) is 0 Å². The van der Waals surface area contributed by atoms with Gasteiger partial charge in [0.05, 0.1) is 23.5 Å². The van der Waals surface area contributed by atoms with Crippen LogP contribution in [0.1, 0.15) is 22.3 Å². The van der Waals surface area contributed by atoms with Gasteiger partial charge in [-0.05, 0) is 35.9 Å². The van der Waals surface area contributed by atoms with Crippen molar-refractivity contribution in [2.24, 2.45) is 15.7 Å². The number of fused-ring (bicyclic) bond motifs is 2. The molecule has 2 aliphatic heterocycles. The van der Waals surface area contributed by atoms with Crippen LogP contribution in [0.4, 0.5) is 11.4 Å². The number of carboxylic acid groups (broad SMARTS) is 1. The summed E-state index contributed by atoms with van der Waals surface area (Å²) < 4.78 is 0. The molecule has 0 saturated heterocycles. The van der Waals surface area contributed by atoms with Crippen LogP contribution in [0.15, 0.2) is 52.4 Å². The number of hydrogen-bond acceptors (Lipinski definition) is 7. The van der Waals surface area contributed by atoms with E-state index in [1.165, 1.54) is 12.1 Å². The van der Waals surface area contributed by atoms with Crippen molar-refractivity contribution in [3.63, 3.8) is 0 Å². The zero-order chi connectivity index (χ0) is 22.2. The second kappa shape index (κ2) is 7.84. The number of aromatic carboxylic acids is 1. The van der Waals surface area contributed by atoms with Crippen molar-refractivity contribution in [2.75, 3.05) is 18.4 Å². The Bertz CT molecular complexity index is 1180. The fraction of sp³-hybridized carbons (Fsp3) is 0.190. The quantitative estimate of drug-likeness (QED) is 0.484. The smallest absolute Gasteiger partial charge is 0.335 e. The highest BCUT2D eigenvalue weighted by Crippen LogP contribution is 2.43. The van der Waals surface area contributed by atoms with E-state index in [1.54, 1.807) is 30.3 Å². The van der Waals surface area contributed by atoms with Crippen molar-refractivity contribution in [3.8, 4) is 0 Å². The number of carbonyl (C=O) groups excluding carboxylic acids is 1. The predicted octanol–water partition coefficient (Wildman–Crippen LogP) is 2.33. The monoisotopic (exact) mass is 438 g/mol. The highest BCUT2D eigenvalue weighted by atomic mass is 35.5. The van der Waals surface area contributed by atoms with E-state index in [4.69, 9.17) is 22.7 Å². The molecule has 0 bridgehead atoms. The average Bonchev–Trinajstić information content (AvgIpc) is 2.70. The number of primary amides is 1. The number of carbonyl (C=O) groups is 2. The van der Waals surface area contributed by atoms with Gasteiger partial charge in [-0.15, -0.1) is 0 Å². The van der Waals surface area contributed by atoms with Crippen molar-refractivity contribution < 1.29 is 14.7 Å². The lowest BCUT2D eigenvalue weighted by Crippen LogP contribution is -2.62. The van der Waals surface area contributed by atoms with E-state index in [0.717, 1.165) is 0 Å². The van der Waals surface area contributed by atoms with Gasteiger partial charge in [-0.1, -0.05) is 23.7 Å². The molecule has 31 heavy (non-hydrogen) atoms. The molecular weight excluding hydrogens is 420 g/mol. The molecule has 0 aliphatic carbocycles. The van der Waals surface area contributed by atoms with Gasteiger partial charge in [-0.3, -0.25) is 15.2 Å². The second-order valence-electron chi connectivity index (χ2n) is 7.22. The number of benzene rings is 2. The lowest BCUT2D eigenvalue weighted by molar-refractivity contribution is -0.117. The molecule has 2 aromatic carbocycles. The molecule has 9 nitrogen and oxygen atoms in total. The molecule has 1 unspecified atom stereocenters. The molecule has 2 aliphatic rings. The summed E-state index contributed by atoms with van der Waals surface area (Å²) in [7, 11) is 0. The highest BCUT2D eigenvalue weighted by Gasteiger charge is 2.52. The van der Waals surface area contributed by atoms with Gasteiger partial charge in [0.2, 0.25) is 5.91 Å². The number of carboxylic acids is 1. The molecule has 1 spiro atoms. The molecule has 1 atom stereocenters. The first-order chi connectivity index (χ1) is 14.8. The summed E-state index contributed by atoms with van der Waals surface area (Å²) in [5, 5.41) is 25.0. The summed E-state index contributed by atoms with van der Waals surface area (Å²) >= 11 is 6.07. The summed E-state index contributed by atoms with van der Waals surface area (Å²) in [5.41, 5.74) is 6.32. The van der Waals surface area contributed by atoms with Crippen LogP contribution in [-0.4, -0.2) is 47.5 Å². The topological polar surface area (TPSA) is 153 Å². The third kappa shape index (κ3) is 3.64. The number of hydrogen-bond donors (Lipinski definition) is 5. The molecule has 4 rings (SSSR count). The minimum Gasteiger partial charge on any atom is -0.478 e. The summed E-state index contributed by atoms with van der Waals surface area (Å²) in [4.78, 5) is 31.5. The lowest BCUT2D eigenvalue weighted by atomic mass is 9.68. The molecule has 0 saturated carbocycles. The van der Waals surface area contributed by atoms with E-state index in [0.29, 0.717) is 34.3 Å². The maximum Gasteiger partial charge on any atom is 0.335 e. The number of anilines is 1. The van der Waals surface area contributed by atoms with Gasteiger partial charge >= 0.3 is 5.97 Å². The molecule has 158 valence electrons.